The highest BCUT2D eigenvalue weighted by atomic mass is 14.1. The topological polar surface area (TPSA) is 0 Å². The third kappa shape index (κ3) is 5.13. The highest BCUT2D eigenvalue weighted by molar-refractivity contribution is 6.02. The van der Waals surface area contributed by atoms with E-state index >= 15 is 0 Å². The molecule has 0 aliphatic rings. The number of rotatable bonds is 0. The van der Waals surface area contributed by atoms with Crippen molar-refractivity contribution in [3.05, 3.63) is 120 Å². The second-order valence-electron chi connectivity index (χ2n) is 7.89. The van der Waals surface area contributed by atoms with Crippen LogP contribution in [0.2, 0.25) is 0 Å². The molecule has 0 fully saturated rings. The van der Waals surface area contributed by atoms with Crippen molar-refractivity contribution in [3.63, 3.8) is 0 Å². The Hall–Kier alpha value is -3.64. The minimum Gasteiger partial charge on any atom is -0.0683 e. The minimum atomic E-state index is 1.33. The van der Waals surface area contributed by atoms with E-state index in [0.717, 1.165) is 0 Å². The van der Waals surface area contributed by atoms with Gasteiger partial charge in [0.2, 0.25) is 0 Å². The molecule has 0 aliphatic heterocycles. The van der Waals surface area contributed by atoms with Gasteiger partial charge in [0.05, 0.1) is 0 Å². The Balaban J connectivity index is 0.000000167. The second kappa shape index (κ2) is 12.0. The van der Waals surface area contributed by atoms with Crippen molar-refractivity contribution in [2.75, 3.05) is 0 Å². The fourth-order valence-electron chi connectivity index (χ4n) is 4.48. The van der Waals surface area contributed by atoms with E-state index in [4.69, 9.17) is 0 Å². The maximum Gasteiger partial charge on any atom is -0.0148 e. The molecule has 0 atom stereocenters. The van der Waals surface area contributed by atoms with Crippen LogP contribution in [0, 0.1) is 13.8 Å². The van der Waals surface area contributed by atoms with Crippen LogP contribution in [0.1, 0.15) is 38.8 Å². The fourth-order valence-corrected chi connectivity index (χ4v) is 4.48. The van der Waals surface area contributed by atoms with E-state index in [1.165, 1.54) is 54.2 Å². The summed E-state index contributed by atoms with van der Waals surface area (Å²) in [5.74, 6) is 0. The Labute approximate surface area is 204 Å². The van der Waals surface area contributed by atoms with Crippen molar-refractivity contribution in [1.82, 2.24) is 0 Å². The van der Waals surface area contributed by atoms with Crippen molar-refractivity contribution < 1.29 is 0 Å². The van der Waals surface area contributed by atoms with Gasteiger partial charge in [-0.2, -0.15) is 0 Å². The first-order chi connectivity index (χ1) is 16.7. The molecule has 0 unspecified atom stereocenters. The summed E-state index contributed by atoms with van der Waals surface area (Å²) in [7, 11) is 0. The molecule has 6 aromatic carbocycles. The predicted molar refractivity (Wildman–Crippen MR) is 155 cm³/mol. The number of aryl methyl sites for hydroxylation is 2. The molecule has 0 amide bonds. The zero-order valence-corrected chi connectivity index (χ0v) is 21.4. The summed E-state index contributed by atoms with van der Waals surface area (Å²) in [4.78, 5) is 0. The predicted octanol–water partition coefficient (Wildman–Crippen LogP) is 10.7. The molecule has 0 aliphatic carbocycles. The molecule has 0 aromatic heterocycles. The molecule has 0 nitrogen and oxygen atoms in total. The number of benzene rings is 6. The van der Waals surface area contributed by atoms with Crippen LogP contribution >= 0.6 is 0 Å². The van der Waals surface area contributed by atoms with Crippen molar-refractivity contribution in [2.24, 2.45) is 0 Å². The van der Waals surface area contributed by atoms with Crippen LogP contribution in [0.25, 0.3) is 43.1 Å². The Morgan fingerprint density at radius 3 is 0.765 bits per heavy atom. The SMILES string of the molecule is CC.CC.Cc1c2ccccc2cc2ccccc12.Cc1c2ccccc2cc2ccccc12. The monoisotopic (exact) mass is 444 g/mol. The van der Waals surface area contributed by atoms with E-state index in [1.807, 2.05) is 27.7 Å². The molecule has 0 saturated heterocycles. The Kier molecular flexibility index (Phi) is 8.82. The van der Waals surface area contributed by atoms with Crippen LogP contribution in [0.4, 0.5) is 0 Å². The Morgan fingerprint density at radius 2 is 0.529 bits per heavy atom. The van der Waals surface area contributed by atoms with Gasteiger partial charge < -0.3 is 0 Å². The Morgan fingerprint density at radius 1 is 0.324 bits per heavy atom. The van der Waals surface area contributed by atoms with Gasteiger partial charge in [-0.15, -0.1) is 0 Å². The maximum atomic E-state index is 2.26. The molecule has 0 heterocycles. The molecule has 0 saturated carbocycles. The highest BCUT2D eigenvalue weighted by Gasteiger charge is 2.02. The van der Waals surface area contributed by atoms with Gasteiger partial charge in [0, 0.05) is 0 Å². The average molecular weight is 445 g/mol. The van der Waals surface area contributed by atoms with Crippen molar-refractivity contribution in [3.8, 4) is 0 Å². The van der Waals surface area contributed by atoms with E-state index < -0.39 is 0 Å². The lowest BCUT2D eigenvalue weighted by atomic mass is 9.98. The zero-order valence-electron chi connectivity index (χ0n) is 21.4. The smallest absolute Gasteiger partial charge is 0.0148 e. The van der Waals surface area contributed by atoms with Crippen molar-refractivity contribution in [1.29, 1.82) is 0 Å². The minimum absolute atomic E-state index is 1.33. The summed E-state index contributed by atoms with van der Waals surface area (Å²) in [6, 6.07) is 38.8. The van der Waals surface area contributed by atoms with Gasteiger partial charge in [-0.05, 0) is 80.2 Å². The maximum absolute atomic E-state index is 2.26. The van der Waals surface area contributed by atoms with Crippen LogP contribution in [0.5, 0.6) is 0 Å². The van der Waals surface area contributed by atoms with E-state index in [9.17, 15) is 0 Å². The first kappa shape index (κ1) is 25.0. The van der Waals surface area contributed by atoms with Crippen LogP contribution in [0.3, 0.4) is 0 Å². The van der Waals surface area contributed by atoms with E-state index in [1.54, 1.807) is 0 Å². The lowest BCUT2D eigenvalue weighted by Crippen LogP contribution is -1.81. The third-order valence-electron chi connectivity index (χ3n) is 6.08. The summed E-state index contributed by atoms with van der Waals surface area (Å²) >= 11 is 0. The van der Waals surface area contributed by atoms with Gasteiger partial charge in [0.25, 0.3) is 0 Å². The number of fused-ring (bicyclic) bond motifs is 4. The lowest BCUT2D eigenvalue weighted by Gasteiger charge is -2.06. The van der Waals surface area contributed by atoms with Gasteiger partial charge >= 0.3 is 0 Å². The van der Waals surface area contributed by atoms with Crippen molar-refractivity contribution in [2.45, 2.75) is 41.5 Å². The normalized spacial score (nSPS) is 10.1. The molecule has 34 heavy (non-hydrogen) atoms. The summed E-state index contributed by atoms with van der Waals surface area (Å²) in [6.45, 7) is 12.4. The van der Waals surface area contributed by atoms with E-state index in [-0.39, 0.29) is 0 Å². The summed E-state index contributed by atoms with van der Waals surface area (Å²) in [6.07, 6.45) is 0. The first-order valence-electron chi connectivity index (χ1n) is 12.5. The summed E-state index contributed by atoms with van der Waals surface area (Å²) in [5.41, 5.74) is 2.76. The summed E-state index contributed by atoms with van der Waals surface area (Å²) < 4.78 is 0. The van der Waals surface area contributed by atoms with E-state index in [2.05, 4.69) is 123 Å². The largest absolute Gasteiger partial charge is 0.0683 e. The van der Waals surface area contributed by atoms with Crippen LogP contribution < -0.4 is 0 Å². The molecule has 0 N–H and O–H groups in total. The Bertz CT molecular complexity index is 1280. The van der Waals surface area contributed by atoms with Crippen molar-refractivity contribution >= 4 is 43.1 Å². The molecule has 172 valence electrons. The first-order valence-corrected chi connectivity index (χ1v) is 12.5. The number of hydrogen-bond acceptors (Lipinski definition) is 0. The molecule has 0 heteroatoms. The lowest BCUT2D eigenvalue weighted by molar-refractivity contribution is 1.50. The third-order valence-corrected chi connectivity index (χ3v) is 6.08. The average Bonchev–Trinajstić information content (AvgIpc) is 2.92. The van der Waals surface area contributed by atoms with Gasteiger partial charge in [-0.3, -0.25) is 0 Å². The molecular formula is C34H36. The standard InChI is InChI=1S/2C15H12.2C2H6/c2*1-11-14-8-4-2-6-12(14)10-13-7-3-5-9-15(11)13;2*1-2/h2*2-10H,1H3;2*1-2H3. The van der Waals surface area contributed by atoms with Gasteiger partial charge in [-0.25, -0.2) is 0 Å². The van der Waals surface area contributed by atoms with Crippen LogP contribution in [-0.4, -0.2) is 0 Å². The molecule has 0 bridgehead atoms. The van der Waals surface area contributed by atoms with E-state index in [0.29, 0.717) is 0 Å². The molecular weight excluding hydrogens is 408 g/mol. The second-order valence-corrected chi connectivity index (χ2v) is 7.89. The number of hydrogen-bond donors (Lipinski definition) is 0. The highest BCUT2D eigenvalue weighted by Crippen LogP contribution is 2.28. The molecule has 6 rings (SSSR count). The molecule has 0 spiro atoms. The molecule has 6 aromatic rings. The van der Waals surface area contributed by atoms with Gasteiger partial charge in [0.1, 0.15) is 0 Å². The fraction of sp³-hybridized carbons (Fsp3) is 0.176. The quantitative estimate of drug-likeness (QED) is 0.204. The summed E-state index contributed by atoms with van der Waals surface area (Å²) in [5, 5.41) is 10.7. The molecule has 0 radical (unpaired) electrons. The van der Waals surface area contributed by atoms with Crippen LogP contribution in [-0.2, 0) is 0 Å². The van der Waals surface area contributed by atoms with Crippen LogP contribution in [0.15, 0.2) is 109 Å². The van der Waals surface area contributed by atoms with Gasteiger partial charge in [-0.1, -0.05) is 125 Å². The zero-order chi connectivity index (χ0) is 24.5. The van der Waals surface area contributed by atoms with Gasteiger partial charge in [0.15, 0.2) is 0 Å².